The number of halogens is 1. The number of ether oxygens (including phenoxy) is 1. The van der Waals surface area contributed by atoms with Crippen LogP contribution in [0.3, 0.4) is 0 Å². The largest absolute Gasteiger partial charge is 0.478 e. The zero-order valence-corrected chi connectivity index (χ0v) is 18.0. The first-order valence-corrected chi connectivity index (χ1v) is 10.4. The van der Waals surface area contributed by atoms with E-state index >= 15 is 0 Å². The molecule has 8 nitrogen and oxygen atoms in total. The van der Waals surface area contributed by atoms with Gasteiger partial charge in [0.2, 0.25) is 0 Å². The summed E-state index contributed by atoms with van der Waals surface area (Å²) in [5, 5.41) is 13.2. The van der Waals surface area contributed by atoms with Crippen LogP contribution in [-0.2, 0) is 4.74 Å². The Hall–Kier alpha value is -3.10. The van der Waals surface area contributed by atoms with Crippen molar-refractivity contribution in [3.63, 3.8) is 0 Å². The molecule has 0 spiro atoms. The van der Waals surface area contributed by atoms with E-state index in [1.165, 1.54) is 10.5 Å². The molecule has 1 unspecified atom stereocenters. The van der Waals surface area contributed by atoms with Crippen molar-refractivity contribution in [3.8, 4) is 0 Å². The summed E-state index contributed by atoms with van der Waals surface area (Å²) >= 11 is 6.09. The number of hydrogen-bond donors (Lipinski definition) is 2. The van der Waals surface area contributed by atoms with E-state index in [0.29, 0.717) is 48.5 Å². The highest BCUT2D eigenvalue weighted by molar-refractivity contribution is 6.31. The maximum Gasteiger partial charge on any atom is 0.337 e. The Balaban J connectivity index is 1.79. The average molecular weight is 443 g/mol. The predicted octanol–water partition coefficient (Wildman–Crippen LogP) is 3.36. The van der Waals surface area contributed by atoms with Crippen LogP contribution in [0.15, 0.2) is 41.3 Å². The van der Waals surface area contributed by atoms with Gasteiger partial charge in [0.1, 0.15) is 11.5 Å². The molecule has 1 saturated heterocycles. The van der Waals surface area contributed by atoms with Gasteiger partial charge in [-0.2, -0.15) is 0 Å². The van der Waals surface area contributed by atoms with Gasteiger partial charge in [0.05, 0.1) is 30.5 Å². The van der Waals surface area contributed by atoms with Crippen LogP contribution >= 0.6 is 11.6 Å². The molecule has 0 radical (unpaired) electrons. The summed E-state index contributed by atoms with van der Waals surface area (Å²) in [6.07, 6.45) is 1.76. The van der Waals surface area contributed by atoms with E-state index in [4.69, 9.17) is 21.3 Å². The van der Waals surface area contributed by atoms with Crippen molar-refractivity contribution < 1.29 is 14.6 Å². The van der Waals surface area contributed by atoms with Crippen LogP contribution in [0.2, 0.25) is 5.02 Å². The summed E-state index contributed by atoms with van der Waals surface area (Å²) in [4.78, 5) is 31.3. The molecular formula is C22H23ClN4O4. The van der Waals surface area contributed by atoms with Gasteiger partial charge in [-0.05, 0) is 43.7 Å². The molecule has 9 heteroatoms. The zero-order valence-electron chi connectivity index (χ0n) is 17.3. The number of rotatable bonds is 5. The summed E-state index contributed by atoms with van der Waals surface area (Å²) in [5.74, 6) is -0.441. The minimum atomic E-state index is -1.05. The third kappa shape index (κ3) is 4.35. The standard InChI is InChI=1S/C22H23ClN4O4/c1-13-9-17(14(2)24-18-10-15(23)3-4-16(18)22(29)30)21-25-19(11-20(28)27(21)12-13)26-5-7-31-8-6-26/h3-4,9-12,14,24H,5-8H2,1-2H3,(H,29,30). The third-order valence-electron chi connectivity index (χ3n) is 5.30. The summed E-state index contributed by atoms with van der Waals surface area (Å²) in [5.41, 5.74) is 2.55. The van der Waals surface area contributed by atoms with E-state index in [1.807, 2.05) is 24.8 Å². The van der Waals surface area contributed by atoms with E-state index in [2.05, 4.69) is 5.32 Å². The van der Waals surface area contributed by atoms with E-state index in [1.54, 1.807) is 24.4 Å². The fourth-order valence-electron chi connectivity index (χ4n) is 3.76. The lowest BCUT2D eigenvalue weighted by atomic mass is 10.1. The van der Waals surface area contributed by atoms with Crippen molar-refractivity contribution in [3.05, 3.63) is 68.6 Å². The normalized spacial score (nSPS) is 15.1. The summed E-state index contributed by atoms with van der Waals surface area (Å²) in [6, 6.07) is 7.75. The Kier molecular flexibility index (Phi) is 5.84. The molecule has 1 aliphatic rings. The molecule has 1 aromatic carbocycles. The van der Waals surface area contributed by atoms with Crippen LogP contribution in [-0.4, -0.2) is 46.8 Å². The van der Waals surface area contributed by atoms with E-state index in [9.17, 15) is 14.7 Å². The van der Waals surface area contributed by atoms with Gasteiger partial charge in [-0.3, -0.25) is 9.20 Å². The quantitative estimate of drug-likeness (QED) is 0.625. The number of carboxylic acids is 1. The molecule has 31 heavy (non-hydrogen) atoms. The monoisotopic (exact) mass is 442 g/mol. The Bertz CT molecular complexity index is 1200. The number of carbonyl (C=O) groups is 1. The number of aromatic nitrogens is 2. The number of fused-ring (bicyclic) bond motifs is 1. The lowest BCUT2D eigenvalue weighted by Gasteiger charge is -2.28. The number of nitrogens with zero attached hydrogens (tertiary/aromatic N) is 3. The molecule has 3 aromatic rings. The number of morpholine rings is 1. The number of carboxylic acid groups (broad SMARTS) is 1. The molecule has 0 amide bonds. The number of aryl methyl sites for hydroxylation is 1. The highest BCUT2D eigenvalue weighted by Crippen LogP contribution is 2.28. The topological polar surface area (TPSA) is 96.2 Å². The lowest BCUT2D eigenvalue weighted by molar-refractivity contribution is 0.0698. The van der Waals surface area contributed by atoms with Gasteiger partial charge in [-0.15, -0.1) is 0 Å². The fourth-order valence-corrected chi connectivity index (χ4v) is 3.94. The van der Waals surface area contributed by atoms with Crippen LogP contribution in [0, 0.1) is 6.92 Å². The molecule has 162 valence electrons. The van der Waals surface area contributed by atoms with Crippen LogP contribution in [0.5, 0.6) is 0 Å². The van der Waals surface area contributed by atoms with Crippen LogP contribution in [0.4, 0.5) is 11.5 Å². The van der Waals surface area contributed by atoms with E-state index in [-0.39, 0.29) is 17.2 Å². The smallest absolute Gasteiger partial charge is 0.337 e. The van der Waals surface area contributed by atoms with Crippen molar-refractivity contribution in [2.75, 3.05) is 36.5 Å². The van der Waals surface area contributed by atoms with Crippen molar-refractivity contribution in [1.29, 1.82) is 0 Å². The van der Waals surface area contributed by atoms with Crippen LogP contribution < -0.4 is 15.8 Å². The predicted molar refractivity (Wildman–Crippen MR) is 120 cm³/mol. The second-order valence-corrected chi connectivity index (χ2v) is 8.02. The maximum absolute atomic E-state index is 12.9. The number of anilines is 2. The summed E-state index contributed by atoms with van der Waals surface area (Å²) < 4.78 is 6.93. The molecule has 0 bridgehead atoms. The number of nitrogens with one attached hydrogen (secondary N) is 1. The second-order valence-electron chi connectivity index (χ2n) is 7.58. The van der Waals surface area contributed by atoms with Gasteiger partial charge < -0.3 is 20.1 Å². The van der Waals surface area contributed by atoms with Crippen LogP contribution in [0.1, 0.15) is 34.5 Å². The summed E-state index contributed by atoms with van der Waals surface area (Å²) in [7, 11) is 0. The molecule has 2 aromatic heterocycles. The zero-order chi connectivity index (χ0) is 22.1. The minimum absolute atomic E-state index is 0.118. The highest BCUT2D eigenvalue weighted by Gasteiger charge is 2.19. The lowest BCUT2D eigenvalue weighted by Crippen LogP contribution is -2.37. The fraction of sp³-hybridized carbons (Fsp3) is 0.318. The van der Waals surface area contributed by atoms with Gasteiger partial charge in [-0.25, -0.2) is 9.78 Å². The van der Waals surface area contributed by atoms with Crippen molar-refractivity contribution in [2.45, 2.75) is 19.9 Å². The number of benzene rings is 1. The van der Waals surface area contributed by atoms with Crippen molar-refractivity contribution >= 4 is 34.7 Å². The van der Waals surface area contributed by atoms with Gasteiger partial charge in [0.15, 0.2) is 0 Å². The Labute approximate surface area is 184 Å². The maximum atomic E-state index is 12.9. The molecule has 2 N–H and O–H groups in total. The third-order valence-corrected chi connectivity index (χ3v) is 5.53. The number of hydrogen-bond acceptors (Lipinski definition) is 6. The van der Waals surface area contributed by atoms with Gasteiger partial charge >= 0.3 is 5.97 Å². The number of aromatic carboxylic acids is 1. The average Bonchev–Trinajstić information content (AvgIpc) is 2.74. The molecule has 4 rings (SSSR count). The molecule has 1 aliphatic heterocycles. The summed E-state index contributed by atoms with van der Waals surface area (Å²) in [6.45, 7) is 6.32. The molecule has 0 saturated carbocycles. The molecule has 1 fully saturated rings. The van der Waals surface area contributed by atoms with Crippen LogP contribution in [0.25, 0.3) is 5.65 Å². The van der Waals surface area contributed by atoms with Gasteiger partial charge in [-0.1, -0.05) is 11.6 Å². The minimum Gasteiger partial charge on any atom is -0.478 e. The Morgan fingerprint density at radius 2 is 2.00 bits per heavy atom. The molecular weight excluding hydrogens is 420 g/mol. The SMILES string of the molecule is Cc1cc(C(C)Nc2cc(Cl)ccc2C(=O)O)c2nc(N3CCOCC3)cc(=O)n2c1. The van der Waals surface area contributed by atoms with Crippen molar-refractivity contribution in [1.82, 2.24) is 9.38 Å². The van der Waals surface area contributed by atoms with E-state index < -0.39 is 5.97 Å². The van der Waals surface area contributed by atoms with Crippen molar-refractivity contribution in [2.24, 2.45) is 0 Å². The first-order chi connectivity index (χ1) is 14.8. The second kappa shape index (κ2) is 8.56. The Morgan fingerprint density at radius 3 is 2.71 bits per heavy atom. The highest BCUT2D eigenvalue weighted by atomic mass is 35.5. The molecule has 0 aliphatic carbocycles. The molecule has 3 heterocycles. The van der Waals surface area contributed by atoms with Gasteiger partial charge in [0, 0.05) is 35.9 Å². The molecule has 1 atom stereocenters. The Morgan fingerprint density at radius 1 is 1.26 bits per heavy atom. The van der Waals surface area contributed by atoms with E-state index in [0.717, 1.165) is 11.1 Å². The van der Waals surface area contributed by atoms with Gasteiger partial charge in [0.25, 0.3) is 5.56 Å². The first-order valence-electron chi connectivity index (χ1n) is 9.99. The number of pyridine rings is 1. The first kappa shape index (κ1) is 21.1.